The maximum Gasteiger partial charge on any atom is 0.305 e. The molecule has 196 valence electrons. The van der Waals surface area contributed by atoms with Gasteiger partial charge in [0.05, 0.1) is 37.0 Å². The normalized spacial score (nSPS) is 15.5. The first-order chi connectivity index (χ1) is 17.5. The van der Waals surface area contributed by atoms with Crippen LogP contribution in [-0.4, -0.2) is 59.6 Å². The molecule has 0 spiro atoms. The molecule has 0 saturated carbocycles. The third-order valence-corrected chi connectivity index (χ3v) is 5.44. The van der Waals surface area contributed by atoms with Gasteiger partial charge in [-0.1, -0.05) is 23.2 Å². The molecule has 1 heterocycles. The first-order valence-corrected chi connectivity index (χ1v) is 11.5. The molecule has 1 aliphatic heterocycles. The number of hydrogen-bond donors (Lipinski definition) is 5. The molecule has 2 aromatic rings. The summed E-state index contributed by atoms with van der Waals surface area (Å²) in [6.07, 6.45) is -1.63. The van der Waals surface area contributed by atoms with Crippen molar-refractivity contribution in [3.05, 3.63) is 67.7 Å². The number of benzene rings is 2. The second-order valence-electron chi connectivity index (χ2n) is 7.92. The van der Waals surface area contributed by atoms with E-state index in [2.05, 4.69) is 26.3 Å². The molecule has 2 aromatic carbocycles. The van der Waals surface area contributed by atoms with Gasteiger partial charge in [-0.2, -0.15) is 0 Å². The van der Waals surface area contributed by atoms with Crippen molar-refractivity contribution >= 4 is 58.3 Å². The Bertz CT molecular complexity index is 1240. The lowest BCUT2D eigenvalue weighted by Crippen LogP contribution is -2.41. The topological polar surface area (TPSA) is 175 Å². The molecule has 5 N–H and O–H groups in total. The highest BCUT2D eigenvalue weighted by Crippen LogP contribution is 2.25. The number of non-ortho nitro benzene ring substituents is 1. The Balaban J connectivity index is 1.69. The van der Waals surface area contributed by atoms with Crippen LogP contribution in [0, 0.1) is 10.1 Å². The Morgan fingerprint density at radius 2 is 1.89 bits per heavy atom. The second-order valence-corrected chi connectivity index (χ2v) is 8.79. The first kappa shape index (κ1) is 27.6. The predicted molar refractivity (Wildman–Crippen MR) is 134 cm³/mol. The Morgan fingerprint density at radius 1 is 1.19 bits per heavy atom. The minimum absolute atomic E-state index is 0.00742. The van der Waals surface area contributed by atoms with Gasteiger partial charge in [0.15, 0.2) is 5.96 Å². The largest absolute Gasteiger partial charge is 0.481 e. The Hall–Kier alpha value is -3.97. The van der Waals surface area contributed by atoms with E-state index in [1.54, 1.807) is 0 Å². The number of rotatable bonds is 9. The van der Waals surface area contributed by atoms with Gasteiger partial charge in [0.1, 0.15) is 6.17 Å². The van der Waals surface area contributed by atoms with Crippen molar-refractivity contribution < 1.29 is 28.8 Å². The number of nitrogens with one attached hydrogen (secondary N) is 4. The molecule has 2 atom stereocenters. The monoisotopic (exact) mass is 554 g/mol. The second kappa shape index (κ2) is 12.3. The molecular weight excluding hydrogens is 534 g/mol. The van der Waals surface area contributed by atoms with E-state index in [0.717, 1.165) is 6.07 Å². The van der Waals surface area contributed by atoms with Crippen molar-refractivity contribution in [3.63, 3.8) is 0 Å². The number of nitro benzene ring substituents is 1. The van der Waals surface area contributed by atoms with Gasteiger partial charge in [-0.05, 0) is 29.8 Å². The number of nitro groups is 1. The predicted octanol–water partition coefficient (Wildman–Crippen LogP) is 2.67. The first-order valence-electron chi connectivity index (χ1n) is 10.7. The zero-order chi connectivity index (χ0) is 27.1. The van der Waals surface area contributed by atoms with Gasteiger partial charge in [0.2, 0.25) is 5.91 Å². The number of aliphatic imine (C=N–C) groups is 1. The number of alkyl halides is 1. The quantitative estimate of drug-likeness (QED) is 0.232. The van der Waals surface area contributed by atoms with Crippen LogP contribution >= 0.6 is 23.2 Å². The van der Waals surface area contributed by atoms with Gasteiger partial charge in [-0.25, -0.2) is 9.38 Å². The molecule has 0 bridgehead atoms. The molecule has 3 rings (SSSR count). The molecule has 0 saturated heterocycles. The van der Waals surface area contributed by atoms with Crippen molar-refractivity contribution in [1.82, 2.24) is 16.0 Å². The summed E-state index contributed by atoms with van der Waals surface area (Å²) in [7, 11) is 0. The molecule has 2 unspecified atom stereocenters. The number of aliphatic carboxylic acids is 1. The lowest BCUT2D eigenvalue weighted by atomic mass is 10.0. The van der Waals surface area contributed by atoms with Crippen LogP contribution in [0.4, 0.5) is 15.8 Å². The highest BCUT2D eigenvalue weighted by atomic mass is 35.5. The maximum absolute atomic E-state index is 13.2. The Morgan fingerprint density at radius 3 is 2.49 bits per heavy atom. The number of anilines is 1. The number of carbonyl (C=O) groups is 3. The average Bonchev–Trinajstić information content (AvgIpc) is 2.82. The van der Waals surface area contributed by atoms with Gasteiger partial charge >= 0.3 is 5.97 Å². The van der Waals surface area contributed by atoms with E-state index in [-0.39, 0.29) is 40.3 Å². The fourth-order valence-corrected chi connectivity index (χ4v) is 3.91. The lowest BCUT2D eigenvalue weighted by molar-refractivity contribution is -0.384. The highest BCUT2D eigenvalue weighted by molar-refractivity contribution is 6.34. The Kier molecular flexibility index (Phi) is 9.20. The van der Waals surface area contributed by atoms with Crippen molar-refractivity contribution in [1.29, 1.82) is 0 Å². The van der Waals surface area contributed by atoms with Crippen LogP contribution in [-0.2, 0) is 9.59 Å². The molecule has 0 aromatic heterocycles. The van der Waals surface area contributed by atoms with Crippen LogP contribution in [0.2, 0.25) is 10.0 Å². The van der Waals surface area contributed by atoms with Crippen LogP contribution < -0.4 is 21.3 Å². The molecule has 12 nitrogen and oxygen atoms in total. The van der Waals surface area contributed by atoms with Crippen molar-refractivity contribution in [2.45, 2.75) is 18.6 Å². The standard InChI is InChI=1S/C22H21Cl2FN6O6/c23-13-1-11(2-14(24)5-13)18(7-20(33)34)30-19(32)10-26-21(35)12-3-16(6-17(4-12)31(36)37)29-22-27-8-15(25)9-28-22/h1-6,15,18H,7-10H2,(H,26,35)(H,30,32)(H,33,34)(H2,27,28,29). The summed E-state index contributed by atoms with van der Waals surface area (Å²) < 4.78 is 13.2. The molecule has 0 aliphatic carbocycles. The van der Waals surface area contributed by atoms with E-state index in [0.29, 0.717) is 5.56 Å². The lowest BCUT2D eigenvalue weighted by Gasteiger charge is -2.19. The van der Waals surface area contributed by atoms with Gasteiger partial charge in [-0.15, -0.1) is 0 Å². The summed E-state index contributed by atoms with van der Waals surface area (Å²) >= 11 is 11.9. The van der Waals surface area contributed by atoms with Crippen LogP contribution in [0.5, 0.6) is 0 Å². The van der Waals surface area contributed by atoms with E-state index in [9.17, 15) is 34.0 Å². The average molecular weight is 555 g/mol. The number of halogens is 3. The third kappa shape index (κ3) is 8.29. The minimum atomic E-state index is -1.19. The van der Waals surface area contributed by atoms with E-state index >= 15 is 0 Å². The van der Waals surface area contributed by atoms with Crippen molar-refractivity contribution in [2.24, 2.45) is 4.99 Å². The van der Waals surface area contributed by atoms with E-state index in [4.69, 9.17) is 23.2 Å². The van der Waals surface area contributed by atoms with E-state index in [1.807, 2.05) is 0 Å². The molecule has 0 radical (unpaired) electrons. The highest BCUT2D eigenvalue weighted by Gasteiger charge is 2.21. The summed E-state index contributed by atoms with van der Waals surface area (Å²) in [6, 6.07) is 6.86. The number of nitrogens with zero attached hydrogens (tertiary/aromatic N) is 2. The molecule has 37 heavy (non-hydrogen) atoms. The molecule has 1 aliphatic rings. The fraction of sp³-hybridized carbons (Fsp3) is 0.273. The van der Waals surface area contributed by atoms with Crippen LogP contribution in [0.3, 0.4) is 0 Å². The minimum Gasteiger partial charge on any atom is -0.481 e. The number of amides is 2. The number of carboxylic acids is 1. The van der Waals surface area contributed by atoms with Gasteiger partial charge in [-0.3, -0.25) is 24.5 Å². The van der Waals surface area contributed by atoms with Crippen LogP contribution in [0.1, 0.15) is 28.4 Å². The van der Waals surface area contributed by atoms with Gasteiger partial charge < -0.3 is 26.4 Å². The molecular formula is C22H21Cl2FN6O6. The maximum atomic E-state index is 13.2. The molecule has 15 heteroatoms. The summed E-state index contributed by atoms with van der Waals surface area (Å²) in [5, 5.41) is 31.3. The molecule has 2 amide bonds. The van der Waals surface area contributed by atoms with Crippen LogP contribution in [0.15, 0.2) is 41.4 Å². The fourth-order valence-electron chi connectivity index (χ4n) is 3.37. The summed E-state index contributed by atoms with van der Waals surface area (Å²) in [5.74, 6) is -2.53. The van der Waals surface area contributed by atoms with E-state index < -0.39 is 53.6 Å². The van der Waals surface area contributed by atoms with Crippen LogP contribution in [0.25, 0.3) is 0 Å². The summed E-state index contributed by atoms with van der Waals surface area (Å²) in [4.78, 5) is 51.0. The van der Waals surface area contributed by atoms with Gasteiger partial charge in [0, 0.05) is 33.4 Å². The SMILES string of the molecule is O=C(O)CC(NC(=O)CNC(=O)c1cc(NC2=NCC(F)CN2)cc([N+](=O)[O-])c1)c1cc(Cl)cc(Cl)c1. The smallest absolute Gasteiger partial charge is 0.305 e. The zero-order valence-electron chi connectivity index (χ0n) is 19.0. The van der Waals surface area contributed by atoms with E-state index in [1.165, 1.54) is 30.3 Å². The summed E-state index contributed by atoms with van der Waals surface area (Å²) in [6.45, 7) is -0.634. The number of guanidine groups is 1. The third-order valence-electron chi connectivity index (χ3n) is 5.00. The Labute approximate surface area is 219 Å². The van der Waals surface area contributed by atoms with Crippen molar-refractivity contribution in [3.8, 4) is 0 Å². The zero-order valence-corrected chi connectivity index (χ0v) is 20.5. The molecule has 0 fully saturated rings. The summed E-state index contributed by atoms with van der Waals surface area (Å²) in [5.41, 5.74) is -0.0364. The number of carbonyl (C=O) groups excluding carboxylic acids is 2. The number of hydrogen-bond acceptors (Lipinski definition) is 8. The number of carboxylic acid groups (broad SMARTS) is 1. The van der Waals surface area contributed by atoms with Gasteiger partial charge in [0.25, 0.3) is 11.6 Å². The van der Waals surface area contributed by atoms with Crippen molar-refractivity contribution in [2.75, 3.05) is 25.0 Å².